The molecule has 1 aliphatic carbocycles. The molecule has 3 rings (SSSR count). The van der Waals surface area contributed by atoms with Crippen molar-refractivity contribution < 1.29 is 9.84 Å². The number of nitrogens with zero attached hydrogens (tertiary/aromatic N) is 2. The molecule has 0 spiro atoms. The lowest BCUT2D eigenvalue weighted by Gasteiger charge is -2.40. The zero-order valence-electron chi connectivity index (χ0n) is 12.2. The van der Waals surface area contributed by atoms with Gasteiger partial charge in [0.15, 0.2) is 0 Å². The van der Waals surface area contributed by atoms with Crippen LogP contribution in [0.15, 0.2) is 18.5 Å². The van der Waals surface area contributed by atoms with E-state index in [4.69, 9.17) is 4.74 Å². The van der Waals surface area contributed by atoms with Gasteiger partial charge in [-0.2, -0.15) is 0 Å². The third-order valence-corrected chi connectivity index (χ3v) is 4.62. The zero-order valence-corrected chi connectivity index (χ0v) is 12.2. The Morgan fingerprint density at radius 2 is 2.30 bits per heavy atom. The van der Waals surface area contributed by atoms with Crippen LogP contribution in [0.25, 0.3) is 0 Å². The lowest BCUT2D eigenvalue weighted by atomic mass is 9.94. The van der Waals surface area contributed by atoms with Crippen LogP contribution >= 0.6 is 0 Å². The molecular formula is C16H24N2O2. The van der Waals surface area contributed by atoms with Gasteiger partial charge < -0.3 is 9.84 Å². The first-order valence-electron chi connectivity index (χ1n) is 7.64. The van der Waals surface area contributed by atoms with Gasteiger partial charge in [0.1, 0.15) is 0 Å². The second-order valence-corrected chi connectivity index (χ2v) is 6.15. The van der Waals surface area contributed by atoms with Crippen molar-refractivity contribution >= 4 is 0 Å². The predicted octanol–water partition coefficient (Wildman–Crippen LogP) is 1.75. The maximum absolute atomic E-state index is 10.2. The van der Waals surface area contributed by atoms with Gasteiger partial charge in [-0.05, 0) is 30.9 Å². The molecule has 3 atom stereocenters. The molecule has 1 saturated heterocycles. The summed E-state index contributed by atoms with van der Waals surface area (Å²) in [6.07, 6.45) is 6.90. The van der Waals surface area contributed by atoms with E-state index in [1.807, 2.05) is 12.4 Å². The largest absolute Gasteiger partial charge is 0.393 e. The van der Waals surface area contributed by atoms with Gasteiger partial charge >= 0.3 is 0 Å². The molecule has 4 nitrogen and oxygen atoms in total. The summed E-state index contributed by atoms with van der Waals surface area (Å²) in [4.78, 5) is 6.75. The topological polar surface area (TPSA) is 45.6 Å². The van der Waals surface area contributed by atoms with E-state index < -0.39 is 0 Å². The van der Waals surface area contributed by atoms with E-state index >= 15 is 0 Å². The van der Waals surface area contributed by atoms with E-state index in [-0.39, 0.29) is 6.10 Å². The Morgan fingerprint density at radius 1 is 1.40 bits per heavy atom. The monoisotopic (exact) mass is 276 g/mol. The van der Waals surface area contributed by atoms with Crippen LogP contribution < -0.4 is 0 Å². The van der Waals surface area contributed by atoms with Crippen molar-refractivity contribution in [1.29, 1.82) is 0 Å². The smallest absolute Gasteiger partial charge is 0.0626 e. The van der Waals surface area contributed by atoms with E-state index in [2.05, 4.69) is 22.9 Å². The number of hydrogen-bond acceptors (Lipinski definition) is 4. The highest BCUT2D eigenvalue weighted by molar-refractivity contribution is 5.16. The number of rotatable bonds is 3. The summed E-state index contributed by atoms with van der Waals surface area (Å²) in [5, 5.41) is 10.2. The van der Waals surface area contributed by atoms with Crippen LogP contribution in [0.2, 0.25) is 0 Å². The summed E-state index contributed by atoms with van der Waals surface area (Å²) in [7, 11) is 0. The van der Waals surface area contributed by atoms with Gasteiger partial charge in [0, 0.05) is 37.4 Å². The fourth-order valence-corrected chi connectivity index (χ4v) is 3.60. The third-order valence-electron chi connectivity index (χ3n) is 4.62. The average Bonchev–Trinajstić information content (AvgIpc) is 2.86. The molecule has 1 saturated carbocycles. The van der Waals surface area contributed by atoms with Gasteiger partial charge in [-0.1, -0.05) is 12.5 Å². The Bertz CT molecular complexity index is 452. The van der Waals surface area contributed by atoms with Crippen LogP contribution in [-0.4, -0.2) is 46.9 Å². The van der Waals surface area contributed by atoms with Crippen molar-refractivity contribution in [3.63, 3.8) is 0 Å². The second-order valence-electron chi connectivity index (χ2n) is 6.15. The highest BCUT2D eigenvalue weighted by Crippen LogP contribution is 2.32. The third kappa shape index (κ3) is 3.03. The molecule has 1 aromatic heterocycles. The maximum atomic E-state index is 10.2. The van der Waals surface area contributed by atoms with Crippen LogP contribution in [0.4, 0.5) is 0 Å². The van der Waals surface area contributed by atoms with E-state index in [0.717, 1.165) is 45.6 Å². The standard InChI is InChI=1S/C16H24N2O2/c1-12-7-13(9-17-8-12)10-18-5-6-20-11-15(18)14-3-2-4-16(14)19/h7-9,14-16,19H,2-6,10-11H2,1H3/t14-,15-,16-/m1/s1. The summed E-state index contributed by atoms with van der Waals surface area (Å²) in [6, 6.07) is 2.55. The van der Waals surface area contributed by atoms with Crippen molar-refractivity contribution in [2.45, 2.75) is 44.9 Å². The maximum Gasteiger partial charge on any atom is 0.0626 e. The molecule has 1 aliphatic heterocycles. The molecule has 1 N–H and O–H groups in total. The fraction of sp³-hybridized carbons (Fsp3) is 0.688. The lowest BCUT2D eigenvalue weighted by Crippen LogP contribution is -2.50. The molecule has 0 aromatic carbocycles. The van der Waals surface area contributed by atoms with Crippen molar-refractivity contribution in [3.8, 4) is 0 Å². The van der Waals surface area contributed by atoms with Gasteiger partial charge in [-0.15, -0.1) is 0 Å². The SMILES string of the molecule is Cc1cncc(CN2CCOC[C@@H]2[C@H]2CCC[C@H]2O)c1. The lowest BCUT2D eigenvalue weighted by molar-refractivity contribution is -0.0536. The van der Waals surface area contributed by atoms with E-state index in [1.165, 1.54) is 11.1 Å². The Labute approximate surface area is 120 Å². The molecule has 4 heteroatoms. The van der Waals surface area contributed by atoms with Crippen molar-refractivity contribution in [2.24, 2.45) is 5.92 Å². The number of ether oxygens (including phenoxy) is 1. The molecule has 110 valence electrons. The van der Waals surface area contributed by atoms with Crippen LogP contribution in [0.5, 0.6) is 0 Å². The molecule has 20 heavy (non-hydrogen) atoms. The predicted molar refractivity (Wildman–Crippen MR) is 77.3 cm³/mol. The number of aryl methyl sites for hydroxylation is 1. The van der Waals surface area contributed by atoms with Gasteiger partial charge in [0.05, 0.1) is 19.3 Å². The normalized spacial score (nSPS) is 31.6. The Kier molecular flexibility index (Phi) is 4.34. The second kappa shape index (κ2) is 6.20. The first kappa shape index (κ1) is 14.0. The molecule has 0 unspecified atom stereocenters. The van der Waals surface area contributed by atoms with Crippen LogP contribution in [0.3, 0.4) is 0 Å². The minimum atomic E-state index is -0.153. The molecule has 0 bridgehead atoms. The number of aliphatic hydroxyl groups is 1. The molecular weight excluding hydrogens is 252 g/mol. The fourth-order valence-electron chi connectivity index (χ4n) is 3.60. The number of hydrogen-bond donors (Lipinski definition) is 1. The van der Waals surface area contributed by atoms with Crippen molar-refractivity contribution in [3.05, 3.63) is 29.6 Å². The molecule has 2 aliphatic rings. The average molecular weight is 276 g/mol. The summed E-state index contributed by atoms with van der Waals surface area (Å²) in [6.45, 7) is 5.47. The van der Waals surface area contributed by atoms with Crippen LogP contribution in [0, 0.1) is 12.8 Å². The minimum absolute atomic E-state index is 0.153. The Hall–Kier alpha value is -0.970. The van der Waals surface area contributed by atoms with E-state index in [1.54, 1.807) is 0 Å². The highest BCUT2D eigenvalue weighted by atomic mass is 16.5. The molecule has 2 heterocycles. The highest BCUT2D eigenvalue weighted by Gasteiger charge is 2.37. The van der Waals surface area contributed by atoms with E-state index in [0.29, 0.717) is 12.0 Å². The number of pyridine rings is 1. The number of aromatic nitrogens is 1. The van der Waals surface area contributed by atoms with Gasteiger partial charge in [0.2, 0.25) is 0 Å². The zero-order chi connectivity index (χ0) is 13.9. The molecule has 0 radical (unpaired) electrons. The number of morpholine rings is 1. The first-order chi connectivity index (χ1) is 9.74. The van der Waals surface area contributed by atoms with Gasteiger partial charge in [-0.3, -0.25) is 9.88 Å². The van der Waals surface area contributed by atoms with Crippen molar-refractivity contribution in [1.82, 2.24) is 9.88 Å². The molecule has 1 aromatic rings. The number of aliphatic hydroxyl groups excluding tert-OH is 1. The summed E-state index contributed by atoms with van der Waals surface area (Å²) in [5.74, 6) is 0.369. The molecule has 0 amide bonds. The molecule has 2 fully saturated rings. The van der Waals surface area contributed by atoms with Crippen molar-refractivity contribution in [2.75, 3.05) is 19.8 Å². The summed E-state index contributed by atoms with van der Waals surface area (Å²) < 4.78 is 5.67. The van der Waals surface area contributed by atoms with Crippen LogP contribution in [-0.2, 0) is 11.3 Å². The Balaban J connectivity index is 1.72. The van der Waals surface area contributed by atoms with Gasteiger partial charge in [-0.25, -0.2) is 0 Å². The first-order valence-corrected chi connectivity index (χ1v) is 7.64. The van der Waals surface area contributed by atoms with E-state index in [9.17, 15) is 5.11 Å². The summed E-state index contributed by atoms with van der Waals surface area (Å²) in [5.41, 5.74) is 2.46. The quantitative estimate of drug-likeness (QED) is 0.913. The van der Waals surface area contributed by atoms with Gasteiger partial charge in [0.25, 0.3) is 0 Å². The minimum Gasteiger partial charge on any atom is -0.393 e. The Morgan fingerprint density at radius 3 is 3.05 bits per heavy atom. The summed E-state index contributed by atoms with van der Waals surface area (Å²) >= 11 is 0. The van der Waals surface area contributed by atoms with Crippen LogP contribution in [0.1, 0.15) is 30.4 Å².